The molecule has 0 fully saturated rings. The first-order valence-electron chi connectivity index (χ1n) is 5.67. The summed E-state index contributed by atoms with van der Waals surface area (Å²) >= 11 is 16.8. The fraction of sp³-hybridized carbons (Fsp3) is 0.154. The standard InChI is InChI=1S/C7H4Cl2O2.C6H8ClN3/c8-4-1-2-5(7(10)11)6(9)3-4;1-3-5(7)6(8)10-4(2)9-3/h1-3H,(H,10,11);1-2H3,(H2,8,9,10). The Bertz CT molecular complexity index is 655. The molecule has 0 amide bonds. The van der Waals surface area contributed by atoms with E-state index < -0.39 is 5.97 Å². The van der Waals surface area contributed by atoms with Gasteiger partial charge in [-0.3, -0.25) is 0 Å². The monoisotopic (exact) mass is 347 g/mol. The van der Waals surface area contributed by atoms with Gasteiger partial charge in [-0.1, -0.05) is 34.8 Å². The summed E-state index contributed by atoms with van der Waals surface area (Å²) < 4.78 is 0. The molecule has 1 heterocycles. The summed E-state index contributed by atoms with van der Waals surface area (Å²) in [5, 5.41) is 9.57. The van der Waals surface area contributed by atoms with E-state index >= 15 is 0 Å². The maximum atomic E-state index is 10.4. The summed E-state index contributed by atoms with van der Waals surface area (Å²) in [5.41, 5.74) is 6.23. The van der Waals surface area contributed by atoms with Gasteiger partial charge in [-0.25, -0.2) is 14.8 Å². The van der Waals surface area contributed by atoms with Gasteiger partial charge in [0.1, 0.15) is 16.7 Å². The van der Waals surface area contributed by atoms with Crippen LogP contribution in [-0.4, -0.2) is 21.0 Å². The Kier molecular flexibility index (Phi) is 6.20. The molecule has 2 aromatic rings. The number of nitrogens with two attached hydrogens (primary N) is 1. The molecule has 1 aromatic carbocycles. The van der Waals surface area contributed by atoms with E-state index in [1.807, 2.05) is 0 Å². The van der Waals surface area contributed by atoms with Crippen molar-refractivity contribution in [1.82, 2.24) is 9.97 Å². The summed E-state index contributed by atoms with van der Waals surface area (Å²) in [7, 11) is 0. The van der Waals surface area contributed by atoms with Crippen LogP contribution >= 0.6 is 34.8 Å². The Hall–Kier alpha value is -1.56. The van der Waals surface area contributed by atoms with Crippen molar-refractivity contribution in [3.8, 4) is 0 Å². The highest BCUT2D eigenvalue weighted by Gasteiger charge is 2.07. The van der Waals surface area contributed by atoms with Crippen LogP contribution in [-0.2, 0) is 0 Å². The van der Waals surface area contributed by atoms with E-state index in [9.17, 15) is 4.79 Å². The minimum atomic E-state index is -1.05. The number of hydrogen-bond acceptors (Lipinski definition) is 4. The lowest BCUT2D eigenvalue weighted by Gasteiger charge is -2.00. The van der Waals surface area contributed by atoms with Gasteiger partial charge in [-0.15, -0.1) is 0 Å². The molecule has 0 atom stereocenters. The zero-order valence-electron chi connectivity index (χ0n) is 11.2. The predicted octanol–water partition coefficient (Wildman–Crippen LogP) is 4.02. The highest BCUT2D eigenvalue weighted by Crippen LogP contribution is 2.20. The second-order valence-corrected chi connectivity index (χ2v) is 5.21. The number of aryl methyl sites for hydroxylation is 2. The third kappa shape index (κ3) is 5.04. The lowest BCUT2D eigenvalue weighted by atomic mass is 10.2. The van der Waals surface area contributed by atoms with Gasteiger partial charge in [0.15, 0.2) is 0 Å². The molecule has 3 N–H and O–H groups in total. The Morgan fingerprint density at radius 1 is 1.19 bits per heavy atom. The second-order valence-electron chi connectivity index (χ2n) is 3.98. The molecular formula is C13H12Cl3N3O2. The van der Waals surface area contributed by atoms with Gasteiger partial charge in [0.2, 0.25) is 0 Å². The summed E-state index contributed by atoms with van der Waals surface area (Å²) in [5.74, 6) is -0.0438. The molecule has 0 spiro atoms. The van der Waals surface area contributed by atoms with E-state index in [2.05, 4.69) is 9.97 Å². The van der Waals surface area contributed by atoms with Crippen molar-refractivity contribution >= 4 is 46.6 Å². The number of benzene rings is 1. The number of anilines is 1. The fourth-order valence-corrected chi connectivity index (χ4v) is 1.96. The van der Waals surface area contributed by atoms with E-state index in [1.165, 1.54) is 18.2 Å². The third-order valence-corrected chi connectivity index (χ3v) is 3.33. The Morgan fingerprint density at radius 2 is 1.81 bits per heavy atom. The van der Waals surface area contributed by atoms with E-state index in [1.54, 1.807) is 13.8 Å². The number of aromatic nitrogens is 2. The summed E-state index contributed by atoms with van der Waals surface area (Å²) in [6.45, 7) is 3.58. The molecule has 5 nitrogen and oxygen atoms in total. The van der Waals surface area contributed by atoms with E-state index in [0.717, 1.165) is 5.69 Å². The zero-order chi connectivity index (χ0) is 16.2. The highest BCUT2D eigenvalue weighted by molar-refractivity contribution is 6.36. The number of nitrogen functional groups attached to an aromatic ring is 1. The lowest BCUT2D eigenvalue weighted by Crippen LogP contribution is -1.98. The van der Waals surface area contributed by atoms with E-state index in [-0.39, 0.29) is 10.6 Å². The number of carbonyl (C=O) groups is 1. The smallest absolute Gasteiger partial charge is 0.337 e. The SMILES string of the molecule is Cc1nc(C)c(Cl)c(N)n1.O=C(O)c1ccc(Cl)cc1Cl. The van der Waals surface area contributed by atoms with Crippen LogP contribution in [0.15, 0.2) is 18.2 Å². The second kappa shape index (κ2) is 7.45. The van der Waals surface area contributed by atoms with Crippen LogP contribution in [0.4, 0.5) is 5.82 Å². The molecule has 2 rings (SSSR count). The molecule has 0 aliphatic heterocycles. The van der Waals surface area contributed by atoms with Crippen molar-refractivity contribution in [3.63, 3.8) is 0 Å². The van der Waals surface area contributed by atoms with Crippen LogP contribution in [0.5, 0.6) is 0 Å². The molecule has 0 aliphatic carbocycles. The van der Waals surface area contributed by atoms with Crippen LogP contribution in [0.1, 0.15) is 21.9 Å². The van der Waals surface area contributed by atoms with Crippen LogP contribution in [0.2, 0.25) is 15.1 Å². The molecule has 0 radical (unpaired) electrons. The number of nitrogens with zero attached hydrogens (tertiary/aromatic N) is 2. The Morgan fingerprint density at radius 3 is 2.29 bits per heavy atom. The van der Waals surface area contributed by atoms with Gasteiger partial charge < -0.3 is 10.8 Å². The lowest BCUT2D eigenvalue weighted by molar-refractivity contribution is 0.0697. The van der Waals surface area contributed by atoms with Crippen molar-refractivity contribution in [2.24, 2.45) is 0 Å². The number of hydrogen-bond donors (Lipinski definition) is 2. The summed E-state index contributed by atoms with van der Waals surface area (Å²) in [6.07, 6.45) is 0. The predicted molar refractivity (Wildman–Crippen MR) is 84.3 cm³/mol. The third-order valence-electron chi connectivity index (χ3n) is 2.32. The maximum absolute atomic E-state index is 10.4. The van der Waals surface area contributed by atoms with Gasteiger partial charge in [-0.05, 0) is 32.0 Å². The molecule has 0 saturated heterocycles. The molecule has 0 aliphatic rings. The van der Waals surface area contributed by atoms with Crippen molar-refractivity contribution in [2.75, 3.05) is 5.73 Å². The van der Waals surface area contributed by atoms with E-state index in [4.69, 9.17) is 45.6 Å². The Labute approximate surface area is 136 Å². The van der Waals surface area contributed by atoms with Crippen molar-refractivity contribution in [3.05, 3.63) is 50.3 Å². The average Bonchev–Trinajstić information content (AvgIpc) is 2.36. The van der Waals surface area contributed by atoms with Crippen molar-refractivity contribution in [1.29, 1.82) is 0 Å². The van der Waals surface area contributed by atoms with Crippen LogP contribution in [0.3, 0.4) is 0 Å². The number of carboxylic acid groups (broad SMARTS) is 1. The largest absolute Gasteiger partial charge is 0.478 e. The van der Waals surface area contributed by atoms with Gasteiger partial charge >= 0.3 is 5.97 Å². The van der Waals surface area contributed by atoms with Gasteiger partial charge in [0.05, 0.1) is 16.3 Å². The maximum Gasteiger partial charge on any atom is 0.337 e. The van der Waals surface area contributed by atoms with Crippen molar-refractivity contribution < 1.29 is 9.90 Å². The molecule has 21 heavy (non-hydrogen) atoms. The quantitative estimate of drug-likeness (QED) is 0.812. The normalized spacial score (nSPS) is 9.76. The van der Waals surface area contributed by atoms with Gasteiger partial charge in [0, 0.05) is 5.02 Å². The molecular weight excluding hydrogens is 337 g/mol. The van der Waals surface area contributed by atoms with Crippen molar-refractivity contribution in [2.45, 2.75) is 13.8 Å². The summed E-state index contributed by atoms with van der Waals surface area (Å²) in [6, 6.07) is 4.25. The first-order chi connectivity index (χ1) is 9.72. The molecule has 0 unspecified atom stereocenters. The molecule has 1 aromatic heterocycles. The first kappa shape index (κ1) is 17.5. The van der Waals surface area contributed by atoms with E-state index in [0.29, 0.717) is 21.7 Å². The van der Waals surface area contributed by atoms with Crippen LogP contribution in [0, 0.1) is 13.8 Å². The molecule has 112 valence electrons. The number of carboxylic acids is 1. The van der Waals surface area contributed by atoms with Crippen LogP contribution < -0.4 is 5.73 Å². The number of rotatable bonds is 1. The zero-order valence-corrected chi connectivity index (χ0v) is 13.5. The Balaban J connectivity index is 0.000000211. The number of aromatic carboxylic acids is 1. The molecule has 0 bridgehead atoms. The van der Waals surface area contributed by atoms with Gasteiger partial charge in [-0.2, -0.15) is 0 Å². The minimum absolute atomic E-state index is 0.0658. The van der Waals surface area contributed by atoms with Gasteiger partial charge in [0.25, 0.3) is 0 Å². The summed E-state index contributed by atoms with van der Waals surface area (Å²) in [4.78, 5) is 18.3. The molecule has 8 heteroatoms. The first-order valence-corrected chi connectivity index (χ1v) is 6.80. The number of halogens is 3. The highest BCUT2D eigenvalue weighted by atomic mass is 35.5. The fourth-order valence-electron chi connectivity index (χ4n) is 1.39. The minimum Gasteiger partial charge on any atom is -0.478 e. The van der Waals surface area contributed by atoms with Crippen LogP contribution in [0.25, 0.3) is 0 Å². The average molecular weight is 349 g/mol. The topological polar surface area (TPSA) is 89.1 Å². The molecule has 0 saturated carbocycles.